The number of benzene rings is 1. The van der Waals surface area contributed by atoms with Crippen molar-refractivity contribution in [2.45, 2.75) is 62.9 Å². The van der Waals surface area contributed by atoms with Gasteiger partial charge in [0.15, 0.2) is 0 Å². The summed E-state index contributed by atoms with van der Waals surface area (Å²) >= 11 is 0. The molecule has 7 heteroatoms. The molecule has 2 aliphatic carbocycles. The predicted octanol–water partition coefficient (Wildman–Crippen LogP) is 4.64. The summed E-state index contributed by atoms with van der Waals surface area (Å²) in [7, 11) is 4.35. The van der Waals surface area contributed by atoms with Gasteiger partial charge in [0.1, 0.15) is 6.54 Å². The molecule has 2 saturated carbocycles. The van der Waals surface area contributed by atoms with Gasteiger partial charge in [-0.25, -0.2) is 4.79 Å². The summed E-state index contributed by atoms with van der Waals surface area (Å²) in [4.78, 5) is 37.2. The van der Waals surface area contributed by atoms with Crippen molar-refractivity contribution in [1.29, 1.82) is 0 Å². The molecule has 1 spiro atoms. The Bertz CT molecular complexity index is 1090. The van der Waals surface area contributed by atoms with Gasteiger partial charge in [-0.15, -0.1) is 0 Å². The topological polar surface area (TPSA) is 68.8 Å². The smallest absolute Gasteiger partial charge is 0.321 e. The van der Waals surface area contributed by atoms with Gasteiger partial charge in [0.25, 0.3) is 0 Å². The van der Waals surface area contributed by atoms with Crippen LogP contribution < -0.4 is 5.32 Å². The quantitative estimate of drug-likeness (QED) is 0.615. The van der Waals surface area contributed by atoms with Crippen LogP contribution in [0.2, 0.25) is 0 Å². The van der Waals surface area contributed by atoms with Crippen LogP contribution in [0.3, 0.4) is 0 Å². The molecule has 0 radical (unpaired) electrons. The molecule has 5 rings (SSSR count). The first-order chi connectivity index (χ1) is 17.3. The van der Waals surface area contributed by atoms with Crippen LogP contribution in [0.5, 0.6) is 0 Å². The third-order valence-corrected chi connectivity index (χ3v) is 9.02. The maximum absolute atomic E-state index is 13.7. The van der Waals surface area contributed by atoms with E-state index in [1.54, 1.807) is 11.1 Å². The van der Waals surface area contributed by atoms with Gasteiger partial charge < -0.3 is 15.1 Å². The van der Waals surface area contributed by atoms with E-state index in [-0.39, 0.29) is 29.6 Å². The van der Waals surface area contributed by atoms with E-state index in [2.05, 4.69) is 64.5 Å². The Kier molecular flexibility index (Phi) is 6.77. The van der Waals surface area contributed by atoms with Gasteiger partial charge >= 0.3 is 6.03 Å². The molecular formula is C29H39N5O2. The fourth-order valence-electron chi connectivity index (χ4n) is 6.49. The molecule has 0 atom stereocenters. The number of pyridine rings is 1. The number of carbonyl (C=O) groups excluding carboxylic acids is 2. The van der Waals surface area contributed by atoms with Crippen LogP contribution in [-0.2, 0) is 10.3 Å². The Labute approximate surface area is 214 Å². The maximum Gasteiger partial charge on any atom is 0.321 e. The second kappa shape index (κ2) is 9.85. The molecule has 2 aromatic rings. The minimum Gasteiger partial charge on any atom is -0.323 e. The lowest BCUT2D eigenvalue weighted by molar-refractivity contribution is -0.116. The molecule has 1 aromatic carbocycles. The number of hydrogen-bond acceptors (Lipinski definition) is 4. The van der Waals surface area contributed by atoms with Gasteiger partial charge in [-0.05, 0) is 83.2 Å². The second-order valence-electron chi connectivity index (χ2n) is 11.2. The Morgan fingerprint density at radius 1 is 1.08 bits per heavy atom. The number of urea groups is 1. The third-order valence-electron chi connectivity index (χ3n) is 9.02. The fraction of sp³-hybridized carbons (Fsp3) is 0.552. The zero-order chi connectivity index (χ0) is 25.3. The van der Waals surface area contributed by atoms with Crippen LogP contribution in [0.1, 0.15) is 56.2 Å². The SMILES string of the molecule is Cc1ncccc1NC(=O)CN1CC2(CCC(c3ccccc3)(N(C)C)CC2)N(CC2CCC2)C1=O. The van der Waals surface area contributed by atoms with Crippen LogP contribution in [0.4, 0.5) is 10.5 Å². The van der Waals surface area contributed by atoms with Crippen LogP contribution in [0, 0.1) is 12.8 Å². The highest BCUT2D eigenvalue weighted by Gasteiger charge is 2.55. The lowest BCUT2D eigenvalue weighted by atomic mass is 9.68. The van der Waals surface area contributed by atoms with E-state index in [1.165, 1.54) is 24.8 Å². The van der Waals surface area contributed by atoms with E-state index in [4.69, 9.17) is 0 Å². The monoisotopic (exact) mass is 489 g/mol. The van der Waals surface area contributed by atoms with E-state index in [0.29, 0.717) is 18.2 Å². The average Bonchev–Trinajstić information content (AvgIpc) is 3.08. The van der Waals surface area contributed by atoms with Crippen LogP contribution in [-0.4, -0.2) is 70.9 Å². The zero-order valence-corrected chi connectivity index (χ0v) is 21.9. The first kappa shape index (κ1) is 24.8. The van der Waals surface area contributed by atoms with E-state index in [1.807, 2.05) is 19.1 Å². The summed E-state index contributed by atoms with van der Waals surface area (Å²) in [6, 6.07) is 14.5. The molecular weight excluding hydrogens is 450 g/mol. The normalized spacial score (nSPS) is 26.5. The molecule has 3 fully saturated rings. The molecule has 3 amide bonds. The summed E-state index contributed by atoms with van der Waals surface area (Å²) in [5.41, 5.74) is 2.59. The van der Waals surface area contributed by atoms with E-state index in [0.717, 1.165) is 37.9 Å². The van der Waals surface area contributed by atoms with Crippen molar-refractivity contribution < 1.29 is 9.59 Å². The van der Waals surface area contributed by atoms with Gasteiger partial charge in [0.05, 0.1) is 16.9 Å². The van der Waals surface area contributed by atoms with Gasteiger partial charge in [-0.2, -0.15) is 0 Å². The largest absolute Gasteiger partial charge is 0.323 e. The van der Waals surface area contributed by atoms with E-state index in [9.17, 15) is 9.59 Å². The minimum atomic E-state index is -0.203. The predicted molar refractivity (Wildman–Crippen MR) is 142 cm³/mol. The third kappa shape index (κ3) is 4.49. The highest BCUT2D eigenvalue weighted by molar-refractivity contribution is 5.95. The summed E-state index contributed by atoms with van der Waals surface area (Å²) in [5.74, 6) is 0.426. The summed E-state index contributed by atoms with van der Waals surface area (Å²) in [6.45, 7) is 3.39. The van der Waals surface area contributed by atoms with Crippen LogP contribution >= 0.6 is 0 Å². The fourth-order valence-corrected chi connectivity index (χ4v) is 6.49. The lowest BCUT2D eigenvalue weighted by Crippen LogP contribution is -2.56. The Balaban J connectivity index is 1.35. The molecule has 2 heterocycles. The van der Waals surface area contributed by atoms with Crippen molar-refractivity contribution in [3.63, 3.8) is 0 Å². The maximum atomic E-state index is 13.7. The number of aryl methyl sites for hydroxylation is 1. The molecule has 192 valence electrons. The first-order valence-corrected chi connectivity index (χ1v) is 13.3. The first-order valence-electron chi connectivity index (χ1n) is 13.3. The standard InChI is InChI=1S/C29H39N5O2/c1-22-25(13-8-18-30-22)31-26(35)20-33-21-28(34(27(33)36)19-23-9-7-10-23)14-16-29(17-15-28,32(2)3)24-11-5-4-6-12-24/h4-6,8,11-13,18,23H,7,9-10,14-17,19-21H2,1-3H3,(H,31,35). The number of anilines is 1. The molecule has 1 aromatic heterocycles. The van der Waals surface area contributed by atoms with Crippen molar-refractivity contribution in [2.24, 2.45) is 5.92 Å². The van der Waals surface area contributed by atoms with Crippen molar-refractivity contribution in [3.8, 4) is 0 Å². The van der Waals surface area contributed by atoms with Crippen molar-refractivity contribution in [1.82, 2.24) is 19.7 Å². The number of hydrogen-bond donors (Lipinski definition) is 1. The minimum absolute atomic E-state index is 0.0250. The van der Waals surface area contributed by atoms with Gasteiger partial charge in [-0.1, -0.05) is 36.8 Å². The second-order valence-corrected chi connectivity index (χ2v) is 11.2. The molecule has 1 N–H and O–H groups in total. The van der Waals surface area contributed by atoms with E-state index >= 15 is 0 Å². The summed E-state index contributed by atoms with van der Waals surface area (Å²) in [6.07, 6.45) is 9.24. The van der Waals surface area contributed by atoms with Crippen LogP contribution in [0.15, 0.2) is 48.7 Å². The highest BCUT2D eigenvalue weighted by Crippen LogP contribution is 2.49. The highest BCUT2D eigenvalue weighted by atomic mass is 16.2. The zero-order valence-electron chi connectivity index (χ0n) is 21.9. The number of aromatic nitrogens is 1. The number of amides is 3. The molecule has 0 bridgehead atoms. The number of rotatable bonds is 7. The Morgan fingerprint density at radius 2 is 1.81 bits per heavy atom. The number of carbonyl (C=O) groups is 2. The number of nitrogens with zero attached hydrogens (tertiary/aromatic N) is 4. The number of nitrogens with one attached hydrogen (secondary N) is 1. The molecule has 3 aliphatic rings. The lowest BCUT2D eigenvalue weighted by Gasteiger charge is -2.51. The van der Waals surface area contributed by atoms with Gasteiger partial charge in [0, 0.05) is 24.8 Å². The molecule has 7 nitrogen and oxygen atoms in total. The van der Waals surface area contributed by atoms with Gasteiger partial charge in [0.2, 0.25) is 5.91 Å². The Hall–Kier alpha value is -2.93. The summed E-state index contributed by atoms with van der Waals surface area (Å²) < 4.78 is 0. The molecule has 36 heavy (non-hydrogen) atoms. The summed E-state index contributed by atoms with van der Waals surface area (Å²) in [5, 5.41) is 2.96. The van der Waals surface area contributed by atoms with Crippen molar-refractivity contribution >= 4 is 17.6 Å². The molecule has 0 unspecified atom stereocenters. The average molecular weight is 490 g/mol. The van der Waals surface area contributed by atoms with Crippen LogP contribution in [0.25, 0.3) is 0 Å². The molecule has 1 saturated heterocycles. The van der Waals surface area contributed by atoms with Crippen molar-refractivity contribution in [2.75, 3.05) is 39.0 Å². The van der Waals surface area contributed by atoms with Crippen molar-refractivity contribution in [3.05, 3.63) is 59.9 Å². The molecule has 1 aliphatic heterocycles. The van der Waals surface area contributed by atoms with Gasteiger partial charge in [-0.3, -0.25) is 14.7 Å². The van der Waals surface area contributed by atoms with E-state index < -0.39 is 0 Å². The Morgan fingerprint density at radius 3 is 2.42 bits per heavy atom.